The number of nitrogens with zero attached hydrogens (tertiary/aromatic N) is 2. The van der Waals surface area contributed by atoms with Gasteiger partial charge in [-0.05, 0) is 24.3 Å². The van der Waals surface area contributed by atoms with Crippen LogP contribution in [0.2, 0.25) is 0 Å². The van der Waals surface area contributed by atoms with E-state index in [0.29, 0.717) is 5.89 Å². The molecule has 0 aliphatic carbocycles. The van der Waals surface area contributed by atoms with Crippen LogP contribution in [0.15, 0.2) is 33.9 Å². The summed E-state index contributed by atoms with van der Waals surface area (Å²) in [6, 6.07) is 7.31. The van der Waals surface area contributed by atoms with Gasteiger partial charge in [-0.15, -0.1) is 10.2 Å². The summed E-state index contributed by atoms with van der Waals surface area (Å²) < 4.78 is 10.1. The first-order chi connectivity index (χ1) is 6.79. The van der Waals surface area contributed by atoms with Crippen molar-refractivity contribution < 1.29 is 9.15 Å². The third-order valence-electron chi connectivity index (χ3n) is 1.74. The van der Waals surface area contributed by atoms with Gasteiger partial charge in [-0.2, -0.15) is 0 Å². The summed E-state index contributed by atoms with van der Waals surface area (Å²) in [6.07, 6.45) is 0. The van der Waals surface area contributed by atoms with Crippen molar-refractivity contribution in [3.8, 4) is 17.2 Å². The molecule has 4 nitrogen and oxygen atoms in total. The number of hydrogen-bond donors (Lipinski definition) is 0. The minimum absolute atomic E-state index is 0.149. The first-order valence-corrected chi connectivity index (χ1v) is 4.35. The normalized spacial score (nSPS) is 10.1. The third kappa shape index (κ3) is 1.67. The average molecular weight is 207 g/mol. The fraction of sp³-hybridized carbons (Fsp3) is 0.111. The quantitative estimate of drug-likeness (QED) is 0.701. The maximum atomic E-state index is 5.09. The van der Waals surface area contributed by atoms with Gasteiger partial charge in [0.2, 0.25) is 5.89 Å². The molecule has 0 atom stereocenters. The molecule has 2 rings (SSSR count). The molecule has 0 N–H and O–H groups in total. The molecule has 0 amide bonds. The van der Waals surface area contributed by atoms with E-state index in [1.807, 2.05) is 24.3 Å². The Kier molecular flexibility index (Phi) is 2.32. The van der Waals surface area contributed by atoms with Crippen LogP contribution in [0, 0.1) is 0 Å². The molecule has 2 aromatic rings. The van der Waals surface area contributed by atoms with Crippen molar-refractivity contribution in [1.29, 1.82) is 0 Å². The molecule has 0 fully saturated rings. The fourth-order valence-electron chi connectivity index (χ4n) is 1.06. The van der Waals surface area contributed by atoms with Gasteiger partial charge in [-0.1, -0.05) is 0 Å². The van der Waals surface area contributed by atoms with E-state index in [4.69, 9.17) is 21.8 Å². The summed E-state index contributed by atoms with van der Waals surface area (Å²) in [5.74, 6) is 1.21. The van der Waals surface area contributed by atoms with Crippen LogP contribution in [0.3, 0.4) is 0 Å². The molecule has 14 heavy (non-hydrogen) atoms. The van der Waals surface area contributed by atoms with Crippen LogP contribution < -0.4 is 4.74 Å². The lowest BCUT2D eigenvalue weighted by Gasteiger charge is -1.99. The second-order valence-corrected chi connectivity index (χ2v) is 2.95. The molecule has 0 spiro atoms. The molecule has 0 unspecified atom stereocenters. The monoisotopic (exact) mass is 207 g/mol. The third-order valence-corrected chi connectivity index (χ3v) is 1.91. The molecule has 0 saturated carbocycles. The smallest absolute Gasteiger partial charge is 0.245 e. The van der Waals surface area contributed by atoms with Crippen molar-refractivity contribution in [2.75, 3.05) is 7.11 Å². The average Bonchev–Trinajstić information content (AvgIpc) is 2.65. The highest BCUT2D eigenvalue weighted by Crippen LogP contribution is 2.20. The van der Waals surface area contributed by atoms with Gasteiger partial charge in [0.05, 0.1) is 12.3 Å². The number of hydrogen-bond acceptors (Lipinski definition) is 5. The zero-order valence-electron chi connectivity index (χ0n) is 7.43. The lowest BCUT2D eigenvalue weighted by molar-refractivity contribution is 0.414. The Labute approximate surface area is 86.3 Å². The van der Waals surface area contributed by atoms with E-state index >= 15 is 0 Å². The Balaban J connectivity index is 2.33. The lowest BCUT2D eigenvalue weighted by Crippen LogP contribution is -1.82. The van der Waals surface area contributed by atoms with Gasteiger partial charge in [0.1, 0.15) is 5.75 Å². The fourth-order valence-corrected chi connectivity index (χ4v) is 1.18. The second-order valence-electron chi connectivity index (χ2n) is 2.60. The Bertz CT molecular complexity index is 425. The van der Waals surface area contributed by atoms with E-state index in [1.54, 1.807) is 7.11 Å². The molecule has 0 saturated heterocycles. The van der Waals surface area contributed by atoms with E-state index in [0.717, 1.165) is 11.3 Å². The molecule has 0 radical (unpaired) electrons. The predicted octanol–water partition coefficient (Wildman–Crippen LogP) is 1.65. The van der Waals surface area contributed by atoms with E-state index in [2.05, 4.69) is 10.2 Å². The molecule has 1 heterocycles. The second kappa shape index (κ2) is 3.63. The highest BCUT2D eigenvalue weighted by atomic mass is 32.1. The van der Waals surface area contributed by atoms with Gasteiger partial charge in [-0.3, -0.25) is 0 Å². The Morgan fingerprint density at radius 2 is 1.93 bits per heavy atom. The highest BCUT2D eigenvalue weighted by molar-refractivity contribution is 7.58. The van der Waals surface area contributed by atoms with Crippen LogP contribution in [0.5, 0.6) is 5.75 Å². The zero-order chi connectivity index (χ0) is 9.97. The lowest BCUT2D eigenvalue weighted by atomic mass is 10.2. The molecule has 0 bridgehead atoms. The van der Waals surface area contributed by atoms with Crippen LogP contribution in [0.1, 0.15) is 0 Å². The Morgan fingerprint density at radius 3 is 2.43 bits per heavy atom. The summed E-state index contributed by atoms with van der Waals surface area (Å²) >= 11 is 4.72. The molecule has 72 valence electrons. The molecular formula is C9H7N2O2S-. The van der Waals surface area contributed by atoms with Gasteiger partial charge >= 0.3 is 0 Å². The molecule has 5 heteroatoms. The highest BCUT2D eigenvalue weighted by Gasteiger charge is 2.02. The number of aromatic nitrogens is 2. The van der Waals surface area contributed by atoms with Gasteiger partial charge in [0, 0.05) is 5.56 Å². The standard InChI is InChI=1S/C9H8N2O2S/c1-12-7-4-2-6(3-5-7)8-10-11-9(14)13-8/h2-5H,1H3,(H,11,14)/p-1. The van der Waals surface area contributed by atoms with Gasteiger partial charge in [-0.25, -0.2) is 0 Å². The molecular weight excluding hydrogens is 200 g/mol. The van der Waals surface area contributed by atoms with Crippen LogP contribution >= 0.6 is 0 Å². The minimum Gasteiger partial charge on any atom is -0.719 e. The van der Waals surface area contributed by atoms with Crippen LogP contribution in [-0.2, 0) is 12.6 Å². The van der Waals surface area contributed by atoms with Crippen molar-refractivity contribution in [2.24, 2.45) is 0 Å². The summed E-state index contributed by atoms with van der Waals surface area (Å²) in [7, 11) is 1.61. The van der Waals surface area contributed by atoms with Gasteiger partial charge in [0.25, 0.3) is 0 Å². The predicted molar refractivity (Wildman–Crippen MR) is 51.9 cm³/mol. The molecule has 1 aromatic heterocycles. The molecule has 0 aliphatic heterocycles. The van der Waals surface area contributed by atoms with Gasteiger partial charge in [0.15, 0.2) is 0 Å². The van der Waals surface area contributed by atoms with Crippen molar-refractivity contribution in [2.45, 2.75) is 5.22 Å². The van der Waals surface area contributed by atoms with Crippen molar-refractivity contribution in [3.63, 3.8) is 0 Å². The van der Waals surface area contributed by atoms with E-state index in [9.17, 15) is 0 Å². The Morgan fingerprint density at radius 1 is 1.21 bits per heavy atom. The van der Waals surface area contributed by atoms with E-state index < -0.39 is 0 Å². The number of benzene rings is 1. The summed E-state index contributed by atoms with van der Waals surface area (Å²) in [4.78, 5) is 0. The molecule has 0 aliphatic rings. The SMILES string of the molecule is COc1ccc(-c2nnc([S-])o2)cc1. The molecule has 1 aromatic carbocycles. The number of rotatable bonds is 2. The van der Waals surface area contributed by atoms with Crippen LogP contribution in [-0.4, -0.2) is 17.3 Å². The van der Waals surface area contributed by atoms with E-state index in [-0.39, 0.29) is 5.22 Å². The van der Waals surface area contributed by atoms with Gasteiger partial charge < -0.3 is 21.8 Å². The largest absolute Gasteiger partial charge is 0.719 e. The maximum Gasteiger partial charge on any atom is 0.245 e. The Hall–Kier alpha value is -1.62. The van der Waals surface area contributed by atoms with Crippen LogP contribution in [0.4, 0.5) is 0 Å². The minimum atomic E-state index is 0.149. The van der Waals surface area contributed by atoms with Crippen molar-refractivity contribution in [1.82, 2.24) is 10.2 Å². The maximum absolute atomic E-state index is 5.09. The topological polar surface area (TPSA) is 48.2 Å². The first kappa shape index (κ1) is 8.96. The number of methoxy groups -OCH3 is 1. The summed E-state index contributed by atoms with van der Waals surface area (Å²) in [5.41, 5.74) is 0.828. The van der Waals surface area contributed by atoms with Crippen molar-refractivity contribution in [3.05, 3.63) is 24.3 Å². The van der Waals surface area contributed by atoms with Crippen molar-refractivity contribution >= 4 is 12.6 Å². The first-order valence-electron chi connectivity index (χ1n) is 3.94. The van der Waals surface area contributed by atoms with Crippen LogP contribution in [0.25, 0.3) is 11.5 Å². The zero-order valence-corrected chi connectivity index (χ0v) is 8.25. The number of ether oxygens (including phenoxy) is 1. The summed E-state index contributed by atoms with van der Waals surface area (Å²) in [6.45, 7) is 0. The summed E-state index contributed by atoms with van der Waals surface area (Å²) in [5, 5.41) is 7.53. The van der Waals surface area contributed by atoms with E-state index in [1.165, 1.54) is 0 Å².